The molecule has 2 N–H and O–H groups in total. The van der Waals surface area contributed by atoms with Gasteiger partial charge in [0.15, 0.2) is 0 Å². The summed E-state index contributed by atoms with van der Waals surface area (Å²) >= 11 is 0. The second kappa shape index (κ2) is 8.83. The van der Waals surface area contributed by atoms with Gasteiger partial charge in [-0.1, -0.05) is 12.1 Å². The summed E-state index contributed by atoms with van der Waals surface area (Å²) in [5.41, 5.74) is 1.88. The van der Waals surface area contributed by atoms with Crippen LogP contribution in [0.2, 0.25) is 0 Å². The number of methoxy groups -OCH3 is 1. The molecule has 0 bridgehead atoms. The second-order valence-corrected chi connectivity index (χ2v) is 6.22. The number of rotatable bonds is 7. The zero-order chi connectivity index (χ0) is 20.8. The summed E-state index contributed by atoms with van der Waals surface area (Å²) in [6.07, 6.45) is 0. The topological polar surface area (TPSA) is 111 Å². The predicted molar refractivity (Wildman–Crippen MR) is 106 cm³/mol. The fourth-order valence-electron chi connectivity index (χ4n) is 2.64. The minimum Gasteiger partial charge on any atom is -0.497 e. The summed E-state index contributed by atoms with van der Waals surface area (Å²) in [5, 5.41) is 15.9. The smallest absolute Gasteiger partial charge is 0.335 e. The maximum atomic E-state index is 12.2. The molecule has 0 radical (unpaired) electrons. The number of carboxylic acid groups (broad SMARTS) is 1. The van der Waals surface area contributed by atoms with Crippen molar-refractivity contribution in [2.75, 3.05) is 7.11 Å². The SMILES string of the molecule is COc1ccc(-c2ccc(=O)n(CC(=O)NCc3ccc(C(=O)O)cc3)n2)cc1. The van der Waals surface area contributed by atoms with Gasteiger partial charge in [-0.05, 0) is 48.0 Å². The van der Waals surface area contributed by atoms with Crippen molar-refractivity contribution < 1.29 is 19.4 Å². The molecule has 0 aliphatic rings. The largest absolute Gasteiger partial charge is 0.497 e. The van der Waals surface area contributed by atoms with Crippen molar-refractivity contribution in [1.29, 1.82) is 0 Å². The number of hydrogen-bond donors (Lipinski definition) is 2. The fourth-order valence-corrected chi connectivity index (χ4v) is 2.64. The van der Waals surface area contributed by atoms with Gasteiger partial charge in [0.1, 0.15) is 12.3 Å². The Morgan fingerprint density at radius 1 is 1.03 bits per heavy atom. The Kier molecular flexibility index (Phi) is 6.03. The van der Waals surface area contributed by atoms with Crippen LogP contribution < -0.4 is 15.6 Å². The van der Waals surface area contributed by atoms with E-state index in [1.165, 1.54) is 18.2 Å². The Morgan fingerprint density at radius 3 is 2.34 bits per heavy atom. The number of carbonyl (C=O) groups excluding carboxylic acids is 1. The zero-order valence-corrected chi connectivity index (χ0v) is 15.7. The van der Waals surface area contributed by atoms with Gasteiger partial charge in [-0.3, -0.25) is 9.59 Å². The normalized spacial score (nSPS) is 10.4. The number of nitrogens with one attached hydrogen (secondary N) is 1. The molecular formula is C21H19N3O5. The molecule has 1 amide bonds. The van der Waals surface area contributed by atoms with E-state index >= 15 is 0 Å². The highest BCUT2D eigenvalue weighted by atomic mass is 16.5. The first-order chi connectivity index (χ1) is 14.0. The lowest BCUT2D eigenvalue weighted by Gasteiger charge is -2.09. The van der Waals surface area contributed by atoms with Crippen molar-refractivity contribution in [3.8, 4) is 17.0 Å². The van der Waals surface area contributed by atoms with Gasteiger partial charge in [-0.25, -0.2) is 9.48 Å². The number of ether oxygens (including phenoxy) is 1. The van der Waals surface area contributed by atoms with E-state index in [4.69, 9.17) is 9.84 Å². The number of benzene rings is 2. The van der Waals surface area contributed by atoms with Crippen LogP contribution in [0.1, 0.15) is 15.9 Å². The van der Waals surface area contributed by atoms with Crippen LogP contribution in [0.5, 0.6) is 5.75 Å². The van der Waals surface area contributed by atoms with Gasteiger partial charge in [0.25, 0.3) is 5.56 Å². The minimum atomic E-state index is -1.01. The monoisotopic (exact) mass is 393 g/mol. The van der Waals surface area contributed by atoms with Crippen LogP contribution in [-0.4, -0.2) is 33.9 Å². The molecule has 0 aliphatic carbocycles. The Hall–Kier alpha value is -3.94. The second-order valence-electron chi connectivity index (χ2n) is 6.22. The summed E-state index contributed by atoms with van der Waals surface area (Å²) in [6, 6.07) is 16.4. The highest BCUT2D eigenvalue weighted by Gasteiger charge is 2.09. The minimum absolute atomic E-state index is 0.172. The first-order valence-electron chi connectivity index (χ1n) is 8.78. The van der Waals surface area contributed by atoms with E-state index in [1.54, 1.807) is 37.4 Å². The Bertz CT molecular complexity index is 1070. The van der Waals surface area contributed by atoms with Crippen molar-refractivity contribution in [3.05, 3.63) is 82.1 Å². The molecule has 3 rings (SSSR count). The van der Waals surface area contributed by atoms with E-state index in [0.717, 1.165) is 15.8 Å². The fraction of sp³-hybridized carbons (Fsp3) is 0.143. The molecule has 1 aromatic heterocycles. The van der Waals surface area contributed by atoms with Gasteiger partial charge in [-0.15, -0.1) is 0 Å². The van der Waals surface area contributed by atoms with Crippen molar-refractivity contribution in [2.45, 2.75) is 13.1 Å². The van der Waals surface area contributed by atoms with E-state index in [0.29, 0.717) is 11.4 Å². The number of aromatic nitrogens is 2. The Morgan fingerprint density at radius 2 is 1.72 bits per heavy atom. The highest BCUT2D eigenvalue weighted by Crippen LogP contribution is 2.19. The molecule has 0 saturated heterocycles. The third-order valence-corrected chi connectivity index (χ3v) is 4.24. The van der Waals surface area contributed by atoms with Crippen LogP contribution in [0.25, 0.3) is 11.3 Å². The molecule has 0 saturated carbocycles. The molecule has 2 aromatic carbocycles. The van der Waals surface area contributed by atoms with Crippen molar-refractivity contribution in [1.82, 2.24) is 15.1 Å². The number of carbonyl (C=O) groups is 2. The number of amides is 1. The van der Waals surface area contributed by atoms with E-state index in [2.05, 4.69) is 10.4 Å². The van der Waals surface area contributed by atoms with Gasteiger partial charge in [0.05, 0.1) is 18.4 Å². The van der Waals surface area contributed by atoms with Gasteiger partial charge >= 0.3 is 5.97 Å². The molecule has 0 atom stereocenters. The Labute approximate surface area is 166 Å². The number of hydrogen-bond acceptors (Lipinski definition) is 5. The standard InChI is InChI=1S/C21H19N3O5/c1-29-17-8-6-15(7-9-17)18-10-11-20(26)24(23-18)13-19(25)22-12-14-2-4-16(5-3-14)21(27)28/h2-11H,12-13H2,1H3,(H,22,25)(H,27,28). The van der Waals surface area contributed by atoms with Crippen LogP contribution in [0.15, 0.2) is 65.5 Å². The average Bonchev–Trinajstić information content (AvgIpc) is 2.74. The third-order valence-electron chi connectivity index (χ3n) is 4.24. The first-order valence-corrected chi connectivity index (χ1v) is 8.78. The molecule has 0 fully saturated rings. The van der Waals surface area contributed by atoms with Crippen LogP contribution in [0.4, 0.5) is 0 Å². The van der Waals surface area contributed by atoms with Gasteiger partial charge in [0, 0.05) is 18.2 Å². The molecule has 0 aliphatic heterocycles. The number of nitrogens with zero attached hydrogens (tertiary/aromatic N) is 2. The molecule has 3 aromatic rings. The number of aromatic carboxylic acids is 1. The van der Waals surface area contributed by atoms with Crippen LogP contribution in [0, 0.1) is 0 Å². The molecule has 8 nitrogen and oxygen atoms in total. The lowest BCUT2D eigenvalue weighted by molar-refractivity contribution is -0.122. The average molecular weight is 393 g/mol. The summed E-state index contributed by atoms with van der Waals surface area (Å²) in [5.74, 6) is -0.686. The van der Waals surface area contributed by atoms with Crippen molar-refractivity contribution in [2.24, 2.45) is 0 Å². The Balaban J connectivity index is 1.66. The summed E-state index contributed by atoms with van der Waals surface area (Å²) in [4.78, 5) is 35.1. The summed E-state index contributed by atoms with van der Waals surface area (Å²) < 4.78 is 6.22. The van der Waals surface area contributed by atoms with E-state index in [-0.39, 0.29) is 30.1 Å². The highest BCUT2D eigenvalue weighted by molar-refractivity contribution is 5.87. The summed E-state index contributed by atoms with van der Waals surface area (Å²) in [7, 11) is 1.58. The van der Waals surface area contributed by atoms with Gasteiger partial charge in [-0.2, -0.15) is 5.10 Å². The predicted octanol–water partition coefficient (Wildman–Crippen LogP) is 1.93. The first kappa shape index (κ1) is 19.8. The van der Waals surface area contributed by atoms with Crippen LogP contribution in [0.3, 0.4) is 0 Å². The van der Waals surface area contributed by atoms with Crippen molar-refractivity contribution >= 4 is 11.9 Å². The number of carboxylic acids is 1. The maximum absolute atomic E-state index is 12.2. The van der Waals surface area contributed by atoms with E-state index < -0.39 is 5.97 Å². The van der Waals surface area contributed by atoms with E-state index in [9.17, 15) is 14.4 Å². The van der Waals surface area contributed by atoms with Crippen molar-refractivity contribution in [3.63, 3.8) is 0 Å². The lowest BCUT2D eigenvalue weighted by Crippen LogP contribution is -2.33. The molecular weight excluding hydrogens is 374 g/mol. The molecule has 148 valence electrons. The maximum Gasteiger partial charge on any atom is 0.335 e. The molecule has 0 spiro atoms. The quantitative estimate of drug-likeness (QED) is 0.635. The zero-order valence-electron chi connectivity index (χ0n) is 15.7. The molecule has 0 unspecified atom stereocenters. The van der Waals surface area contributed by atoms with Crippen LogP contribution in [-0.2, 0) is 17.9 Å². The van der Waals surface area contributed by atoms with Gasteiger partial charge < -0.3 is 15.2 Å². The van der Waals surface area contributed by atoms with E-state index in [1.807, 2.05) is 12.1 Å². The van der Waals surface area contributed by atoms with Gasteiger partial charge in [0.2, 0.25) is 5.91 Å². The third kappa shape index (κ3) is 5.07. The molecule has 1 heterocycles. The molecule has 29 heavy (non-hydrogen) atoms. The molecule has 8 heteroatoms. The van der Waals surface area contributed by atoms with Crippen LogP contribution >= 0.6 is 0 Å². The lowest BCUT2D eigenvalue weighted by atomic mass is 10.1. The summed E-state index contributed by atoms with van der Waals surface area (Å²) in [6.45, 7) is -0.0122.